The Kier molecular flexibility index (Phi) is 4.72. The number of nitrogens with two attached hydrogens (primary N) is 1. The number of aliphatic hydroxyl groups is 1. The lowest BCUT2D eigenvalue weighted by atomic mass is 9.57. The molecule has 0 radical (unpaired) electrons. The minimum absolute atomic E-state index is 0.178. The van der Waals surface area contributed by atoms with Gasteiger partial charge in [-0.05, 0) is 55.7 Å². The average molecular weight is 310 g/mol. The van der Waals surface area contributed by atoms with E-state index in [1.807, 2.05) is 31.2 Å². The van der Waals surface area contributed by atoms with Crippen LogP contribution in [0.4, 0.5) is 0 Å². The summed E-state index contributed by atoms with van der Waals surface area (Å²) in [6.45, 7) is 7.11. The average Bonchev–Trinajstić information content (AvgIpc) is 2.41. The van der Waals surface area contributed by atoms with Crippen LogP contribution in [0.1, 0.15) is 52.0 Å². The Balaban J connectivity index is 2.17. The Morgan fingerprint density at radius 1 is 1.14 bits per heavy atom. The third kappa shape index (κ3) is 3.61. The molecule has 1 atom stereocenters. The molecule has 1 aromatic carbocycles. The summed E-state index contributed by atoms with van der Waals surface area (Å²) in [4.78, 5) is 0. The van der Waals surface area contributed by atoms with Crippen molar-refractivity contribution in [2.45, 2.75) is 58.5 Å². The second-order valence-electron chi connectivity index (χ2n) is 7.73. The Bertz CT molecular complexity index is 468. The molecule has 1 aromatic rings. The zero-order valence-electron chi connectivity index (χ0n) is 13.5. The molecule has 0 amide bonds. The second kappa shape index (κ2) is 5.91. The minimum Gasteiger partial charge on any atom is -0.389 e. The number of hydrogen-bond acceptors (Lipinski definition) is 2. The summed E-state index contributed by atoms with van der Waals surface area (Å²) < 4.78 is 0. The van der Waals surface area contributed by atoms with E-state index in [1.54, 1.807) is 0 Å². The van der Waals surface area contributed by atoms with Gasteiger partial charge in [0.2, 0.25) is 0 Å². The quantitative estimate of drug-likeness (QED) is 0.876. The summed E-state index contributed by atoms with van der Waals surface area (Å²) >= 11 is 5.94. The summed E-state index contributed by atoms with van der Waals surface area (Å²) in [5.74, 6) is 0. The molecule has 0 saturated heterocycles. The predicted octanol–water partition coefficient (Wildman–Crippen LogP) is 4.18. The van der Waals surface area contributed by atoms with Crippen LogP contribution in [0.2, 0.25) is 5.02 Å². The van der Waals surface area contributed by atoms with Gasteiger partial charge >= 0.3 is 0 Å². The van der Waals surface area contributed by atoms with Crippen LogP contribution in [0.25, 0.3) is 0 Å². The van der Waals surface area contributed by atoms with Crippen LogP contribution in [-0.2, 0) is 6.42 Å². The van der Waals surface area contributed by atoms with Gasteiger partial charge in [-0.2, -0.15) is 0 Å². The fourth-order valence-electron chi connectivity index (χ4n) is 3.56. The molecule has 0 heterocycles. The number of benzene rings is 1. The molecule has 3 heteroatoms. The maximum Gasteiger partial charge on any atom is 0.0727 e. The van der Waals surface area contributed by atoms with Crippen LogP contribution in [0.5, 0.6) is 0 Å². The van der Waals surface area contributed by atoms with Crippen LogP contribution in [0, 0.1) is 10.8 Å². The number of rotatable bonds is 4. The van der Waals surface area contributed by atoms with Crippen LogP contribution < -0.4 is 5.73 Å². The third-order valence-electron chi connectivity index (χ3n) is 5.56. The molecular formula is C18H28ClNO. The largest absolute Gasteiger partial charge is 0.389 e. The highest BCUT2D eigenvalue weighted by molar-refractivity contribution is 6.30. The van der Waals surface area contributed by atoms with Gasteiger partial charge in [0.25, 0.3) is 0 Å². The van der Waals surface area contributed by atoms with Gasteiger partial charge in [-0.15, -0.1) is 0 Å². The van der Waals surface area contributed by atoms with Gasteiger partial charge in [0, 0.05) is 23.4 Å². The highest BCUT2D eigenvalue weighted by atomic mass is 35.5. The second-order valence-corrected chi connectivity index (χ2v) is 8.16. The molecular weight excluding hydrogens is 282 g/mol. The zero-order valence-corrected chi connectivity index (χ0v) is 14.2. The van der Waals surface area contributed by atoms with Gasteiger partial charge in [-0.25, -0.2) is 0 Å². The van der Waals surface area contributed by atoms with E-state index in [-0.39, 0.29) is 5.41 Å². The van der Waals surface area contributed by atoms with E-state index in [9.17, 15) is 5.11 Å². The van der Waals surface area contributed by atoms with E-state index < -0.39 is 5.60 Å². The Labute approximate surface area is 133 Å². The first-order chi connectivity index (χ1) is 9.70. The Hall–Kier alpha value is -0.570. The van der Waals surface area contributed by atoms with Crippen molar-refractivity contribution in [2.24, 2.45) is 16.6 Å². The van der Waals surface area contributed by atoms with Crippen molar-refractivity contribution < 1.29 is 5.11 Å². The SMILES string of the molecule is CC1(C)CCC(CN)(C(C)(O)Cc2ccc(Cl)cc2)CC1. The number of hydrogen-bond donors (Lipinski definition) is 2. The summed E-state index contributed by atoms with van der Waals surface area (Å²) in [6.07, 6.45) is 4.87. The highest BCUT2D eigenvalue weighted by Crippen LogP contribution is 2.50. The molecule has 118 valence electrons. The van der Waals surface area contributed by atoms with E-state index in [4.69, 9.17) is 17.3 Å². The molecule has 21 heavy (non-hydrogen) atoms. The summed E-state index contributed by atoms with van der Waals surface area (Å²) in [6, 6.07) is 7.75. The normalized spacial score (nSPS) is 23.5. The molecule has 2 nitrogen and oxygen atoms in total. The van der Waals surface area contributed by atoms with Crippen molar-refractivity contribution in [3.05, 3.63) is 34.9 Å². The minimum atomic E-state index is -0.786. The predicted molar refractivity (Wildman–Crippen MR) is 89.5 cm³/mol. The monoisotopic (exact) mass is 309 g/mol. The van der Waals surface area contributed by atoms with E-state index in [0.29, 0.717) is 18.4 Å². The van der Waals surface area contributed by atoms with Crippen molar-refractivity contribution in [1.82, 2.24) is 0 Å². The van der Waals surface area contributed by atoms with Crippen LogP contribution >= 0.6 is 11.6 Å². The van der Waals surface area contributed by atoms with E-state index in [0.717, 1.165) is 36.3 Å². The molecule has 1 saturated carbocycles. The van der Waals surface area contributed by atoms with Gasteiger partial charge < -0.3 is 10.8 Å². The summed E-state index contributed by atoms with van der Waals surface area (Å²) in [7, 11) is 0. The molecule has 1 unspecified atom stereocenters. The van der Waals surface area contributed by atoms with Crippen LogP contribution in [0.15, 0.2) is 24.3 Å². The maximum atomic E-state index is 11.2. The fourth-order valence-corrected chi connectivity index (χ4v) is 3.68. The smallest absolute Gasteiger partial charge is 0.0727 e. The van der Waals surface area contributed by atoms with Crippen molar-refractivity contribution >= 4 is 11.6 Å². The molecule has 0 bridgehead atoms. The van der Waals surface area contributed by atoms with E-state index in [1.165, 1.54) is 0 Å². The third-order valence-corrected chi connectivity index (χ3v) is 5.81. The first-order valence-corrected chi connectivity index (χ1v) is 8.25. The van der Waals surface area contributed by atoms with Gasteiger partial charge in [-0.3, -0.25) is 0 Å². The fraction of sp³-hybridized carbons (Fsp3) is 0.667. The first-order valence-electron chi connectivity index (χ1n) is 7.87. The molecule has 0 aromatic heterocycles. The van der Waals surface area contributed by atoms with Gasteiger partial charge in [0.05, 0.1) is 5.60 Å². The molecule has 1 aliphatic rings. The molecule has 2 rings (SSSR count). The van der Waals surface area contributed by atoms with Crippen molar-refractivity contribution in [1.29, 1.82) is 0 Å². The van der Waals surface area contributed by atoms with Gasteiger partial charge in [0.15, 0.2) is 0 Å². The maximum absolute atomic E-state index is 11.2. The lowest BCUT2D eigenvalue weighted by molar-refractivity contribution is -0.0985. The van der Waals surface area contributed by atoms with E-state index in [2.05, 4.69) is 13.8 Å². The Morgan fingerprint density at radius 3 is 2.14 bits per heavy atom. The molecule has 1 fully saturated rings. The molecule has 1 aliphatic carbocycles. The van der Waals surface area contributed by atoms with Gasteiger partial charge in [-0.1, -0.05) is 37.6 Å². The van der Waals surface area contributed by atoms with Crippen LogP contribution in [-0.4, -0.2) is 17.3 Å². The highest BCUT2D eigenvalue weighted by Gasteiger charge is 2.49. The van der Waals surface area contributed by atoms with Crippen molar-refractivity contribution in [2.75, 3.05) is 6.54 Å². The van der Waals surface area contributed by atoms with Gasteiger partial charge in [0.1, 0.15) is 0 Å². The lowest BCUT2D eigenvalue weighted by Crippen LogP contribution is -2.54. The first kappa shape index (κ1) is 16.8. The van der Waals surface area contributed by atoms with Crippen molar-refractivity contribution in [3.8, 4) is 0 Å². The zero-order chi connectivity index (χ0) is 15.7. The summed E-state index contributed by atoms with van der Waals surface area (Å²) in [5, 5.41) is 11.9. The van der Waals surface area contributed by atoms with Crippen molar-refractivity contribution in [3.63, 3.8) is 0 Å². The Morgan fingerprint density at radius 2 is 1.67 bits per heavy atom. The summed E-state index contributed by atoms with van der Waals surface area (Å²) in [5.41, 5.74) is 6.63. The van der Waals surface area contributed by atoms with E-state index >= 15 is 0 Å². The molecule has 3 N–H and O–H groups in total. The topological polar surface area (TPSA) is 46.2 Å². The molecule has 0 aliphatic heterocycles. The molecule has 0 spiro atoms. The van der Waals surface area contributed by atoms with Crippen LogP contribution in [0.3, 0.4) is 0 Å². The lowest BCUT2D eigenvalue weighted by Gasteiger charge is -2.51. The number of halogens is 1. The standard InChI is InChI=1S/C18H28ClNO/c1-16(2)8-10-18(13-20,11-9-16)17(3,21)12-14-4-6-15(19)7-5-14/h4-7,21H,8-13,20H2,1-3H3.